The molecule has 84 valence electrons. The van der Waals surface area contributed by atoms with Gasteiger partial charge in [-0.05, 0) is 36.5 Å². The van der Waals surface area contributed by atoms with Crippen molar-refractivity contribution in [3.8, 4) is 0 Å². The van der Waals surface area contributed by atoms with Crippen molar-refractivity contribution in [2.24, 2.45) is 5.92 Å². The summed E-state index contributed by atoms with van der Waals surface area (Å²) in [6, 6.07) is 8.26. The Morgan fingerprint density at radius 3 is 2.40 bits per heavy atom. The summed E-state index contributed by atoms with van der Waals surface area (Å²) in [4.78, 5) is 0. The number of hydrogen-bond donors (Lipinski definition) is 1. The third-order valence-corrected chi connectivity index (χ3v) is 2.92. The lowest BCUT2D eigenvalue weighted by molar-refractivity contribution is 0.469. The summed E-state index contributed by atoms with van der Waals surface area (Å²) in [5, 5.41) is 0. The fourth-order valence-electron chi connectivity index (χ4n) is 1.98. The second kappa shape index (κ2) is 6.49. The van der Waals surface area contributed by atoms with Crippen LogP contribution in [0.3, 0.4) is 0 Å². The van der Waals surface area contributed by atoms with Crippen molar-refractivity contribution in [2.45, 2.75) is 46.0 Å². The third-order valence-electron chi connectivity index (χ3n) is 2.92. The molecule has 0 aliphatic carbocycles. The first-order valence-corrected chi connectivity index (χ1v) is 6.06. The zero-order valence-corrected chi connectivity index (χ0v) is 10.00. The Hall–Kier alpha value is -0.980. The van der Waals surface area contributed by atoms with Gasteiger partial charge in [-0.3, -0.25) is 0 Å². The molecule has 1 atom stereocenters. The van der Waals surface area contributed by atoms with Gasteiger partial charge < -0.3 is 5.73 Å². The van der Waals surface area contributed by atoms with Crippen LogP contribution >= 0.6 is 0 Å². The van der Waals surface area contributed by atoms with E-state index in [-0.39, 0.29) is 0 Å². The molecule has 1 aromatic carbocycles. The van der Waals surface area contributed by atoms with Crippen LogP contribution < -0.4 is 5.73 Å². The first-order valence-electron chi connectivity index (χ1n) is 6.06. The highest BCUT2D eigenvalue weighted by Crippen LogP contribution is 2.15. The fraction of sp³-hybridized carbons (Fsp3) is 0.571. The van der Waals surface area contributed by atoms with Gasteiger partial charge in [0.05, 0.1) is 0 Å². The summed E-state index contributed by atoms with van der Waals surface area (Å²) < 4.78 is 0. The van der Waals surface area contributed by atoms with E-state index in [1.165, 1.54) is 37.7 Å². The lowest BCUT2D eigenvalue weighted by Gasteiger charge is -2.09. The van der Waals surface area contributed by atoms with Crippen molar-refractivity contribution in [1.82, 2.24) is 0 Å². The molecule has 0 bridgehead atoms. The fourth-order valence-corrected chi connectivity index (χ4v) is 1.98. The molecule has 0 aliphatic rings. The van der Waals surface area contributed by atoms with Gasteiger partial charge in [0, 0.05) is 5.69 Å². The van der Waals surface area contributed by atoms with Crippen molar-refractivity contribution < 1.29 is 0 Å². The molecule has 0 spiro atoms. The van der Waals surface area contributed by atoms with E-state index >= 15 is 0 Å². The Labute approximate surface area is 93.7 Å². The van der Waals surface area contributed by atoms with Gasteiger partial charge in [0.15, 0.2) is 0 Å². The predicted molar refractivity (Wildman–Crippen MR) is 67.9 cm³/mol. The number of benzene rings is 1. The molecule has 0 fully saturated rings. The Kier molecular flexibility index (Phi) is 5.23. The molecule has 1 nitrogen and oxygen atoms in total. The molecule has 0 saturated carbocycles. The predicted octanol–water partition coefficient (Wildman–Crippen LogP) is 4.03. The van der Waals surface area contributed by atoms with E-state index in [1.807, 2.05) is 12.1 Å². The highest BCUT2D eigenvalue weighted by atomic mass is 14.5. The molecular formula is C14H23N. The quantitative estimate of drug-likeness (QED) is 0.697. The number of nitrogens with two attached hydrogens (primary N) is 1. The average Bonchev–Trinajstić information content (AvgIpc) is 2.21. The zero-order valence-electron chi connectivity index (χ0n) is 10.00. The van der Waals surface area contributed by atoms with Crippen molar-refractivity contribution in [3.05, 3.63) is 29.8 Å². The Bertz CT molecular complexity index is 263. The SMILES string of the molecule is CCCC(C)CCCc1ccc(N)cc1. The summed E-state index contributed by atoms with van der Waals surface area (Å²) in [6.45, 7) is 4.61. The van der Waals surface area contributed by atoms with Gasteiger partial charge in [0.25, 0.3) is 0 Å². The van der Waals surface area contributed by atoms with Gasteiger partial charge in [-0.2, -0.15) is 0 Å². The van der Waals surface area contributed by atoms with E-state index in [2.05, 4.69) is 26.0 Å². The number of hydrogen-bond acceptors (Lipinski definition) is 1. The molecule has 1 heteroatoms. The number of rotatable bonds is 6. The molecule has 15 heavy (non-hydrogen) atoms. The molecule has 0 amide bonds. The minimum absolute atomic E-state index is 0.859. The van der Waals surface area contributed by atoms with Crippen LogP contribution in [-0.4, -0.2) is 0 Å². The first kappa shape index (κ1) is 12.1. The molecule has 2 N–H and O–H groups in total. The van der Waals surface area contributed by atoms with Crippen molar-refractivity contribution in [3.63, 3.8) is 0 Å². The maximum Gasteiger partial charge on any atom is 0.0314 e. The molecular weight excluding hydrogens is 182 g/mol. The molecule has 0 radical (unpaired) electrons. The van der Waals surface area contributed by atoms with Crippen LogP contribution in [-0.2, 0) is 6.42 Å². The van der Waals surface area contributed by atoms with Crippen LogP contribution in [0.4, 0.5) is 5.69 Å². The summed E-state index contributed by atoms with van der Waals surface area (Å²) >= 11 is 0. The lowest BCUT2D eigenvalue weighted by Crippen LogP contribution is -1.95. The van der Waals surface area contributed by atoms with Crippen LogP contribution in [0, 0.1) is 5.92 Å². The Morgan fingerprint density at radius 1 is 1.13 bits per heavy atom. The van der Waals surface area contributed by atoms with Gasteiger partial charge in [-0.15, -0.1) is 0 Å². The van der Waals surface area contributed by atoms with E-state index < -0.39 is 0 Å². The summed E-state index contributed by atoms with van der Waals surface area (Å²) in [5.74, 6) is 0.879. The topological polar surface area (TPSA) is 26.0 Å². The zero-order chi connectivity index (χ0) is 11.1. The molecule has 1 aromatic rings. The van der Waals surface area contributed by atoms with Crippen LogP contribution in [0.1, 0.15) is 45.1 Å². The normalized spacial score (nSPS) is 12.7. The Balaban J connectivity index is 2.22. The standard InChI is InChI=1S/C14H23N/c1-3-5-12(2)6-4-7-13-8-10-14(15)11-9-13/h8-12H,3-7,15H2,1-2H3. The minimum atomic E-state index is 0.859. The third kappa shape index (κ3) is 4.87. The van der Waals surface area contributed by atoms with Gasteiger partial charge in [-0.1, -0.05) is 45.2 Å². The van der Waals surface area contributed by atoms with Gasteiger partial charge in [-0.25, -0.2) is 0 Å². The van der Waals surface area contributed by atoms with Gasteiger partial charge >= 0.3 is 0 Å². The largest absolute Gasteiger partial charge is 0.399 e. The van der Waals surface area contributed by atoms with E-state index in [0.717, 1.165) is 11.6 Å². The number of anilines is 1. The van der Waals surface area contributed by atoms with Gasteiger partial charge in [0.2, 0.25) is 0 Å². The van der Waals surface area contributed by atoms with Crippen molar-refractivity contribution >= 4 is 5.69 Å². The summed E-state index contributed by atoms with van der Waals surface area (Å²) in [6.07, 6.45) is 6.50. The molecule has 1 unspecified atom stereocenters. The average molecular weight is 205 g/mol. The maximum atomic E-state index is 5.64. The first-order chi connectivity index (χ1) is 7.22. The van der Waals surface area contributed by atoms with Crippen LogP contribution in [0.25, 0.3) is 0 Å². The second-order valence-electron chi connectivity index (χ2n) is 4.53. The van der Waals surface area contributed by atoms with Crippen LogP contribution in [0.5, 0.6) is 0 Å². The monoisotopic (exact) mass is 205 g/mol. The molecule has 0 saturated heterocycles. The molecule has 0 aliphatic heterocycles. The van der Waals surface area contributed by atoms with E-state index in [1.54, 1.807) is 0 Å². The van der Waals surface area contributed by atoms with Crippen LogP contribution in [0.2, 0.25) is 0 Å². The highest BCUT2D eigenvalue weighted by Gasteiger charge is 2.00. The van der Waals surface area contributed by atoms with Crippen molar-refractivity contribution in [2.75, 3.05) is 5.73 Å². The molecule has 0 heterocycles. The van der Waals surface area contributed by atoms with Crippen LogP contribution in [0.15, 0.2) is 24.3 Å². The number of nitrogen functional groups attached to an aromatic ring is 1. The lowest BCUT2D eigenvalue weighted by atomic mass is 9.97. The van der Waals surface area contributed by atoms with E-state index in [4.69, 9.17) is 5.73 Å². The second-order valence-corrected chi connectivity index (χ2v) is 4.53. The minimum Gasteiger partial charge on any atom is -0.399 e. The molecule has 1 rings (SSSR count). The van der Waals surface area contributed by atoms with Crippen molar-refractivity contribution in [1.29, 1.82) is 0 Å². The Morgan fingerprint density at radius 2 is 1.80 bits per heavy atom. The van der Waals surface area contributed by atoms with E-state index in [0.29, 0.717) is 0 Å². The highest BCUT2D eigenvalue weighted by molar-refractivity contribution is 5.39. The summed E-state index contributed by atoms with van der Waals surface area (Å²) in [7, 11) is 0. The molecule has 0 aromatic heterocycles. The maximum absolute atomic E-state index is 5.64. The van der Waals surface area contributed by atoms with Gasteiger partial charge in [0.1, 0.15) is 0 Å². The summed E-state index contributed by atoms with van der Waals surface area (Å²) in [5.41, 5.74) is 7.91. The number of aryl methyl sites for hydroxylation is 1. The smallest absolute Gasteiger partial charge is 0.0314 e. The van der Waals surface area contributed by atoms with E-state index in [9.17, 15) is 0 Å².